The molecule has 1 N–H and O–H groups in total. The maximum absolute atomic E-state index is 11.9. The van der Waals surface area contributed by atoms with Crippen LogP contribution in [0.5, 0.6) is 0 Å². The molecule has 1 aliphatic heterocycles. The summed E-state index contributed by atoms with van der Waals surface area (Å²) >= 11 is 0. The van der Waals surface area contributed by atoms with Crippen LogP contribution in [-0.2, 0) is 14.3 Å². The van der Waals surface area contributed by atoms with Gasteiger partial charge in [0.15, 0.2) is 0 Å². The van der Waals surface area contributed by atoms with E-state index in [1.54, 1.807) is 0 Å². The number of likely N-dealkylation sites (tertiary alicyclic amines) is 1. The van der Waals surface area contributed by atoms with Crippen molar-refractivity contribution >= 4 is 11.8 Å². The van der Waals surface area contributed by atoms with Crippen LogP contribution in [0.3, 0.4) is 0 Å². The van der Waals surface area contributed by atoms with Gasteiger partial charge in [-0.25, -0.2) is 0 Å². The number of hydrogen-bond acceptors (Lipinski definition) is 3. The average Bonchev–Trinajstić information content (AvgIpc) is 2.36. The van der Waals surface area contributed by atoms with Gasteiger partial charge in [-0.15, -0.1) is 0 Å². The first-order valence-electron chi connectivity index (χ1n) is 7.10. The molecule has 1 fully saturated rings. The Kier molecular flexibility index (Phi) is 6.28. The quantitative estimate of drug-likeness (QED) is 0.816. The van der Waals surface area contributed by atoms with Crippen molar-refractivity contribution in [1.29, 1.82) is 0 Å². The van der Waals surface area contributed by atoms with E-state index in [-0.39, 0.29) is 36.5 Å². The molecule has 0 aliphatic carbocycles. The van der Waals surface area contributed by atoms with Crippen molar-refractivity contribution in [3.05, 3.63) is 0 Å². The lowest BCUT2D eigenvalue weighted by Gasteiger charge is -2.32. The SMILES string of the molecule is CC(C)OCC(=O)N1CCC(NC(=O)C(C)C)CC1. The Morgan fingerprint density at radius 2 is 1.79 bits per heavy atom. The van der Waals surface area contributed by atoms with Crippen LogP contribution in [0.25, 0.3) is 0 Å². The third-order valence-electron chi connectivity index (χ3n) is 3.26. The van der Waals surface area contributed by atoms with Crippen LogP contribution in [0.2, 0.25) is 0 Å². The van der Waals surface area contributed by atoms with Crippen LogP contribution in [0.4, 0.5) is 0 Å². The highest BCUT2D eigenvalue weighted by Crippen LogP contribution is 2.11. The normalized spacial score (nSPS) is 17.1. The summed E-state index contributed by atoms with van der Waals surface area (Å²) in [5, 5.41) is 3.02. The van der Waals surface area contributed by atoms with E-state index in [9.17, 15) is 9.59 Å². The number of amides is 2. The van der Waals surface area contributed by atoms with Crippen LogP contribution in [0.15, 0.2) is 0 Å². The van der Waals surface area contributed by atoms with E-state index < -0.39 is 0 Å². The summed E-state index contributed by atoms with van der Waals surface area (Å²) in [6.07, 6.45) is 1.73. The third kappa shape index (κ3) is 5.59. The number of ether oxygens (including phenoxy) is 1. The minimum absolute atomic E-state index is 0.0131. The number of rotatable bonds is 5. The van der Waals surface area contributed by atoms with Gasteiger partial charge in [0.25, 0.3) is 0 Å². The highest BCUT2D eigenvalue weighted by Gasteiger charge is 2.24. The van der Waals surface area contributed by atoms with Crippen LogP contribution >= 0.6 is 0 Å². The summed E-state index contributed by atoms with van der Waals surface area (Å²) in [5.41, 5.74) is 0. The molecule has 0 saturated carbocycles. The lowest BCUT2D eigenvalue weighted by molar-refractivity contribution is -0.138. The topological polar surface area (TPSA) is 58.6 Å². The molecule has 0 bridgehead atoms. The molecule has 19 heavy (non-hydrogen) atoms. The maximum Gasteiger partial charge on any atom is 0.248 e. The molecule has 2 amide bonds. The van der Waals surface area contributed by atoms with E-state index in [0.717, 1.165) is 12.8 Å². The molecule has 0 unspecified atom stereocenters. The minimum Gasteiger partial charge on any atom is -0.369 e. The molecule has 0 radical (unpaired) electrons. The van der Waals surface area contributed by atoms with E-state index in [4.69, 9.17) is 4.74 Å². The summed E-state index contributed by atoms with van der Waals surface area (Å²) in [7, 11) is 0. The summed E-state index contributed by atoms with van der Waals surface area (Å²) in [6.45, 7) is 9.16. The summed E-state index contributed by atoms with van der Waals surface area (Å²) in [6, 6.07) is 0.199. The van der Waals surface area contributed by atoms with Crippen molar-refractivity contribution in [3.8, 4) is 0 Å². The number of piperidine rings is 1. The van der Waals surface area contributed by atoms with E-state index in [1.807, 2.05) is 32.6 Å². The minimum atomic E-state index is 0.0131. The smallest absolute Gasteiger partial charge is 0.248 e. The first-order valence-corrected chi connectivity index (χ1v) is 7.10. The van der Waals surface area contributed by atoms with Gasteiger partial charge < -0.3 is 15.0 Å². The van der Waals surface area contributed by atoms with Crippen molar-refractivity contribution in [2.45, 2.75) is 52.7 Å². The monoisotopic (exact) mass is 270 g/mol. The van der Waals surface area contributed by atoms with Gasteiger partial charge in [-0.3, -0.25) is 9.59 Å². The lowest BCUT2D eigenvalue weighted by Crippen LogP contribution is -2.48. The number of carbonyl (C=O) groups is 2. The standard InChI is InChI=1S/C14H26N2O3/c1-10(2)14(18)15-12-5-7-16(8-6-12)13(17)9-19-11(3)4/h10-12H,5-9H2,1-4H3,(H,15,18). The molecule has 0 aromatic heterocycles. The first-order chi connectivity index (χ1) is 8.90. The Balaban J connectivity index is 2.28. The zero-order valence-corrected chi connectivity index (χ0v) is 12.4. The van der Waals surface area contributed by atoms with Crippen LogP contribution in [-0.4, -0.2) is 48.6 Å². The number of nitrogens with one attached hydrogen (secondary N) is 1. The van der Waals surface area contributed by atoms with Crippen LogP contribution < -0.4 is 5.32 Å². The number of hydrogen-bond donors (Lipinski definition) is 1. The molecule has 1 heterocycles. The zero-order valence-electron chi connectivity index (χ0n) is 12.4. The summed E-state index contributed by atoms with van der Waals surface area (Å²) in [4.78, 5) is 25.3. The Bertz CT molecular complexity index is 308. The van der Waals surface area contributed by atoms with Gasteiger partial charge in [0.05, 0.1) is 6.10 Å². The third-order valence-corrected chi connectivity index (χ3v) is 3.26. The van der Waals surface area contributed by atoms with Crippen LogP contribution in [0, 0.1) is 5.92 Å². The highest BCUT2D eigenvalue weighted by molar-refractivity contribution is 5.79. The molecule has 0 aromatic rings. The molecule has 0 spiro atoms. The lowest BCUT2D eigenvalue weighted by atomic mass is 10.0. The molecule has 1 rings (SSSR count). The Hall–Kier alpha value is -1.10. The molecule has 1 aliphatic rings. The fraction of sp³-hybridized carbons (Fsp3) is 0.857. The van der Waals surface area contributed by atoms with Crippen molar-refractivity contribution in [3.63, 3.8) is 0 Å². The summed E-state index contributed by atoms with van der Waals surface area (Å²) < 4.78 is 5.32. The molecule has 0 aromatic carbocycles. The second-order valence-electron chi connectivity index (χ2n) is 5.68. The zero-order chi connectivity index (χ0) is 14.4. The van der Waals surface area contributed by atoms with Gasteiger partial charge in [0.1, 0.15) is 6.61 Å². The molecule has 0 atom stereocenters. The Morgan fingerprint density at radius 1 is 1.21 bits per heavy atom. The first kappa shape index (κ1) is 16.0. The number of carbonyl (C=O) groups excluding carboxylic acids is 2. The van der Waals surface area contributed by atoms with Gasteiger partial charge >= 0.3 is 0 Å². The largest absolute Gasteiger partial charge is 0.369 e. The molecular formula is C14H26N2O3. The fourth-order valence-corrected chi connectivity index (χ4v) is 1.97. The predicted molar refractivity (Wildman–Crippen MR) is 73.7 cm³/mol. The van der Waals surface area contributed by atoms with Crippen molar-refractivity contribution in [2.75, 3.05) is 19.7 Å². The molecular weight excluding hydrogens is 244 g/mol. The van der Waals surface area contributed by atoms with Crippen LogP contribution in [0.1, 0.15) is 40.5 Å². The fourth-order valence-electron chi connectivity index (χ4n) is 1.97. The summed E-state index contributed by atoms with van der Waals surface area (Å²) in [5.74, 6) is 0.148. The van der Waals surface area contributed by atoms with Gasteiger partial charge in [0, 0.05) is 25.0 Å². The Labute approximate surface area is 115 Å². The van der Waals surface area contributed by atoms with Gasteiger partial charge in [0.2, 0.25) is 11.8 Å². The van der Waals surface area contributed by atoms with E-state index in [1.165, 1.54) is 0 Å². The second-order valence-corrected chi connectivity index (χ2v) is 5.68. The van der Waals surface area contributed by atoms with Gasteiger partial charge in [-0.2, -0.15) is 0 Å². The van der Waals surface area contributed by atoms with E-state index in [0.29, 0.717) is 13.1 Å². The van der Waals surface area contributed by atoms with E-state index in [2.05, 4.69) is 5.32 Å². The Morgan fingerprint density at radius 3 is 2.26 bits per heavy atom. The molecule has 1 saturated heterocycles. The molecule has 5 nitrogen and oxygen atoms in total. The van der Waals surface area contributed by atoms with Gasteiger partial charge in [-0.1, -0.05) is 13.8 Å². The van der Waals surface area contributed by atoms with Crippen molar-refractivity contribution in [2.24, 2.45) is 5.92 Å². The van der Waals surface area contributed by atoms with Crippen molar-refractivity contribution < 1.29 is 14.3 Å². The highest BCUT2D eigenvalue weighted by atomic mass is 16.5. The van der Waals surface area contributed by atoms with Gasteiger partial charge in [-0.05, 0) is 26.7 Å². The van der Waals surface area contributed by atoms with E-state index >= 15 is 0 Å². The average molecular weight is 270 g/mol. The maximum atomic E-state index is 11.9. The predicted octanol–water partition coefficient (Wildman–Crippen LogP) is 1.17. The molecule has 110 valence electrons. The molecule has 5 heteroatoms. The van der Waals surface area contributed by atoms with Crippen molar-refractivity contribution in [1.82, 2.24) is 10.2 Å². The number of nitrogens with zero attached hydrogens (tertiary/aromatic N) is 1. The second kappa shape index (κ2) is 7.48.